The van der Waals surface area contributed by atoms with Crippen LogP contribution in [0.25, 0.3) is 0 Å². The molecule has 0 aliphatic rings. The Morgan fingerprint density at radius 1 is 1.55 bits per heavy atom. The van der Waals surface area contributed by atoms with Gasteiger partial charge < -0.3 is 14.2 Å². The zero-order chi connectivity index (χ0) is 8.91. The third-order valence-electron chi connectivity index (χ3n) is 0.905. The minimum atomic E-state index is -3.37. The minimum absolute atomic E-state index is 0.459. The first-order chi connectivity index (χ1) is 5.04. The fourth-order valence-electron chi connectivity index (χ4n) is 0.368. The van der Waals surface area contributed by atoms with Crippen LogP contribution in [0.2, 0.25) is 0 Å². The maximum atomic E-state index is 11.0. The summed E-state index contributed by atoms with van der Waals surface area (Å²) in [5.41, 5.74) is 0. The Labute approximate surface area is 64.1 Å². The Morgan fingerprint density at radius 3 is 2.27 bits per heavy atom. The van der Waals surface area contributed by atoms with E-state index in [-0.39, 0.29) is 0 Å². The van der Waals surface area contributed by atoms with Gasteiger partial charge in [0.15, 0.2) is 0 Å². The number of carboxylic acids is 1. The van der Waals surface area contributed by atoms with Crippen molar-refractivity contribution in [2.45, 2.75) is 0 Å². The Bertz CT molecular complexity index is 173. The Kier molecular flexibility index (Phi) is 4.29. The molecular weight excluding hydrogens is 173 g/mol. The van der Waals surface area contributed by atoms with Gasteiger partial charge in [0.05, 0.1) is 0 Å². The summed E-state index contributed by atoms with van der Waals surface area (Å²) in [4.78, 5) is 9.98. The van der Waals surface area contributed by atoms with Gasteiger partial charge in [-0.1, -0.05) is 0 Å². The number of hydrogen-bond acceptors (Lipinski definition) is 4. The van der Waals surface area contributed by atoms with Gasteiger partial charge in [-0.25, -0.2) is 9.65 Å². The molecule has 0 saturated heterocycles. The van der Waals surface area contributed by atoms with E-state index in [0.29, 0.717) is 0 Å². The number of rotatable bonds is 5. The lowest BCUT2D eigenvalue weighted by molar-refractivity contribution is -0.135. The van der Waals surface area contributed by atoms with Crippen molar-refractivity contribution in [3.63, 3.8) is 0 Å². The van der Waals surface area contributed by atoms with Gasteiger partial charge in [0.1, 0.15) is 6.54 Å². The molecule has 11 heavy (non-hydrogen) atoms. The third kappa shape index (κ3) is 4.10. The molecule has 0 unspecified atom stereocenters. The largest absolute Gasteiger partial charge is 0.480 e. The highest BCUT2D eigenvalue weighted by atomic mass is 31.2. The zero-order valence-electron chi connectivity index (χ0n) is 6.23. The monoisotopic (exact) mass is 183 g/mol. The van der Waals surface area contributed by atoms with Crippen LogP contribution in [-0.2, 0) is 18.4 Å². The molecule has 0 heterocycles. The number of nitrogens with one attached hydrogen (secondary N) is 1. The van der Waals surface area contributed by atoms with Crippen molar-refractivity contribution < 1.29 is 23.5 Å². The molecule has 0 saturated carbocycles. The van der Waals surface area contributed by atoms with Gasteiger partial charge in [-0.05, 0) is 0 Å². The van der Waals surface area contributed by atoms with Gasteiger partial charge in [0.2, 0.25) is 0 Å². The second kappa shape index (κ2) is 4.46. The van der Waals surface area contributed by atoms with E-state index in [9.17, 15) is 9.36 Å². The van der Waals surface area contributed by atoms with Gasteiger partial charge in [0, 0.05) is 14.2 Å². The summed E-state index contributed by atoms with van der Waals surface area (Å²) >= 11 is 0. The fourth-order valence-corrected chi connectivity index (χ4v) is 1.10. The van der Waals surface area contributed by atoms with E-state index >= 15 is 0 Å². The van der Waals surface area contributed by atoms with E-state index in [2.05, 4.69) is 14.1 Å². The van der Waals surface area contributed by atoms with Crippen molar-refractivity contribution in [3.8, 4) is 0 Å². The Balaban J connectivity index is 3.89. The summed E-state index contributed by atoms with van der Waals surface area (Å²) in [7, 11) is -1.03. The maximum absolute atomic E-state index is 11.0. The highest BCUT2D eigenvalue weighted by Gasteiger charge is 2.20. The molecule has 66 valence electrons. The first-order valence-electron chi connectivity index (χ1n) is 2.72. The average Bonchev–Trinajstić information content (AvgIpc) is 2.00. The minimum Gasteiger partial charge on any atom is -0.480 e. The molecule has 0 fully saturated rings. The van der Waals surface area contributed by atoms with Crippen LogP contribution in [0.1, 0.15) is 0 Å². The molecule has 7 heteroatoms. The molecule has 2 N–H and O–H groups in total. The first-order valence-corrected chi connectivity index (χ1v) is 4.27. The fraction of sp³-hybridized carbons (Fsp3) is 0.750. The van der Waals surface area contributed by atoms with Gasteiger partial charge in [-0.2, -0.15) is 0 Å². The normalized spacial score (nSPS) is 11.5. The predicted octanol–water partition coefficient (Wildman–Crippen LogP) is 0.0615. The first kappa shape index (κ1) is 10.6. The summed E-state index contributed by atoms with van der Waals surface area (Å²) in [6.45, 7) is -0.459. The molecule has 0 radical (unpaired) electrons. The van der Waals surface area contributed by atoms with Crippen molar-refractivity contribution >= 4 is 13.7 Å². The van der Waals surface area contributed by atoms with E-state index in [1.165, 1.54) is 14.2 Å². The van der Waals surface area contributed by atoms with E-state index in [1.807, 2.05) is 0 Å². The second-order valence-electron chi connectivity index (χ2n) is 1.59. The van der Waals surface area contributed by atoms with Crippen molar-refractivity contribution in [1.82, 2.24) is 5.09 Å². The lowest BCUT2D eigenvalue weighted by Gasteiger charge is -2.12. The maximum Gasteiger partial charge on any atom is 0.405 e. The van der Waals surface area contributed by atoms with Crippen LogP contribution in [0, 0.1) is 0 Å². The van der Waals surface area contributed by atoms with Gasteiger partial charge in [-0.3, -0.25) is 4.79 Å². The molecule has 0 amide bonds. The summed E-state index contributed by atoms with van der Waals surface area (Å²) < 4.78 is 19.8. The average molecular weight is 183 g/mol. The lowest BCUT2D eigenvalue weighted by Crippen LogP contribution is -2.21. The zero-order valence-corrected chi connectivity index (χ0v) is 7.13. The number of hydrogen-bond donors (Lipinski definition) is 2. The van der Waals surface area contributed by atoms with Gasteiger partial charge in [-0.15, -0.1) is 0 Å². The molecular formula is C4H10NO5P. The smallest absolute Gasteiger partial charge is 0.405 e. The van der Waals surface area contributed by atoms with Crippen molar-refractivity contribution in [1.29, 1.82) is 0 Å². The molecule has 0 bridgehead atoms. The molecule has 6 nitrogen and oxygen atoms in total. The molecule has 0 atom stereocenters. The Morgan fingerprint density at radius 2 is 2.00 bits per heavy atom. The van der Waals surface area contributed by atoms with Crippen molar-refractivity contribution in [2.24, 2.45) is 0 Å². The molecule has 0 aliphatic heterocycles. The Hall–Kier alpha value is -0.420. The molecule has 0 aromatic carbocycles. The van der Waals surface area contributed by atoms with E-state index in [0.717, 1.165) is 0 Å². The molecule has 0 spiro atoms. The summed E-state index contributed by atoms with van der Waals surface area (Å²) in [6.07, 6.45) is 0. The highest BCUT2D eigenvalue weighted by molar-refractivity contribution is 7.51. The molecule has 0 aliphatic carbocycles. The van der Waals surface area contributed by atoms with Gasteiger partial charge >= 0.3 is 13.7 Å². The van der Waals surface area contributed by atoms with Crippen LogP contribution in [0.4, 0.5) is 0 Å². The van der Waals surface area contributed by atoms with Crippen LogP contribution in [0.3, 0.4) is 0 Å². The number of aliphatic carboxylic acids is 1. The molecule has 0 rings (SSSR count). The summed E-state index contributed by atoms with van der Waals surface area (Å²) in [5, 5.41) is 10.3. The van der Waals surface area contributed by atoms with Crippen molar-refractivity contribution in [3.05, 3.63) is 0 Å². The van der Waals surface area contributed by atoms with Crippen LogP contribution in [0.15, 0.2) is 0 Å². The topological polar surface area (TPSA) is 84.9 Å². The van der Waals surface area contributed by atoms with Crippen molar-refractivity contribution in [2.75, 3.05) is 20.8 Å². The van der Waals surface area contributed by atoms with Crippen LogP contribution in [0.5, 0.6) is 0 Å². The SMILES string of the molecule is COP(=O)(NCC(=O)O)OC. The van der Waals surface area contributed by atoms with Crippen LogP contribution >= 0.6 is 7.75 Å². The lowest BCUT2D eigenvalue weighted by atomic mass is 10.7. The summed E-state index contributed by atoms with van der Waals surface area (Å²) in [5.74, 6) is -1.13. The van der Waals surface area contributed by atoms with E-state index < -0.39 is 20.3 Å². The second-order valence-corrected chi connectivity index (χ2v) is 3.63. The van der Waals surface area contributed by atoms with E-state index in [4.69, 9.17) is 5.11 Å². The number of carboxylic acid groups (broad SMARTS) is 1. The van der Waals surface area contributed by atoms with E-state index in [1.54, 1.807) is 0 Å². The number of carbonyl (C=O) groups is 1. The predicted molar refractivity (Wildman–Crippen MR) is 37.3 cm³/mol. The van der Waals surface area contributed by atoms with Gasteiger partial charge in [0.25, 0.3) is 0 Å². The summed E-state index contributed by atoms with van der Waals surface area (Å²) in [6, 6.07) is 0. The molecule has 0 aromatic heterocycles. The highest BCUT2D eigenvalue weighted by Crippen LogP contribution is 2.40. The standard InChI is InChI=1S/C4H10NO5P/c1-9-11(8,10-2)5-3-4(6)7/h3H2,1-2H3,(H,5,8)(H,6,7). The quantitative estimate of drug-likeness (QED) is 0.586. The molecule has 0 aromatic rings. The third-order valence-corrected chi connectivity index (χ3v) is 2.41. The van der Waals surface area contributed by atoms with Crippen LogP contribution < -0.4 is 5.09 Å². The van der Waals surface area contributed by atoms with Crippen LogP contribution in [-0.4, -0.2) is 31.8 Å².